The van der Waals surface area contributed by atoms with Crippen LogP contribution in [0.15, 0.2) is 24.3 Å². The number of carbonyl (C=O) groups excluding carboxylic acids is 2. The Morgan fingerprint density at radius 3 is 2.48 bits per heavy atom. The third-order valence-corrected chi connectivity index (χ3v) is 6.95. The van der Waals surface area contributed by atoms with Crippen LogP contribution in [-0.4, -0.2) is 42.8 Å². The van der Waals surface area contributed by atoms with Crippen molar-refractivity contribution in [3.8, 4) is 0 Å². The molecule has 1 aliphatic carbocycles. The molecule has 1 aromatic carbocycles. The number of hydrogen-bond acceptors (Lipinski definition) is 3. The molecule has 1 saturated carbocycles. The van der Waals surface area contributed by atoms with Crippen LogP contribution in [0.2, 0.25) is 0 Å². The lowest BCUT2D eigenvalue weighted by atomic mass is 9.67. The van der Waals surface area contributed by atoms with E-state index in [0.29, 0.717) is 11.8 Å². The summed E-state index contributed by atoms with van der Waals surface area (Å²) in [5.41, 5.74) is 1.83. The van der Waals surface area contributed by atoms with Crippen LogP contribution in [-0.2, 0) is 4.79 Å². The zero-order valence-corrected chi connectivity index (χ0v) is 17.0. The van der Waals surface area contributed by atoms with Crippen molar-refractivity contribution in [2.75, 3.05) is 26.2 Å². The van der Waals surface area contributed by atoms with Gasteiger partial charge < -0.3 is 10.2 Å². The molecule has 2 heterocycles. The third kappa shape index (κ3) is 3.79. The Kier molecular flexibility index (Phi) is 6.27. The second kappa shape index (κ2) is 8.32. The second-order valence-corrected chi connectivity index (χ2v) is 8.53. The van der Waals surface area contributed by atoms with Crippen LogP contribution in [0, 0.1) is 24.2 Å². The van der Waals surface area contributed by atoms with Gasteiger partial charge in [0.1, 0.15) is 0 Å². The number of benzene rings is 1. The van der Waals surface area contributed by atoms with E-state index in [1.807, 2.05) is 31.2 Å². The molecule has 4 nitrogen and oxygen atoms in total. The number of carbonyl (C=O) groups is 2. The molecule has 1 aromatic rings. The average molecular weight is 391 g/mol. The van der Waals surface area contributed by atoms with Crippen LogP contribution in [0.3, 0.4) is 0 Å². The number of hydrogen-bond donors (Lipinski definition) is 1. The lowest BCUT2D eigenvalue weighted by Crippen LogP contribution is -2.52. The van der Waals surface area contributed by atoms with Crippen LogP contribution in [0.4, 0.5) is 0 Å². The number of likely N-dealkylation sites (tertiary alicyclic amines) is 1. The van der Waals surface area contributed by atoms with E-state index in [1.54, 1.807) is 0 Å². The van der Waals surface area contributed by atoms with E-state index < -0.39 is 0 Å². The zero-order valence-electron chi connectivity index (χ0n) is 16.2. The topological polar surface area (TPSA) is 49.4 Å². The number of amides is 1. The summed E-state index contributed by atoms with van der Waals surface area (Å²) >= 11 is 0. The third-order valence-electron chi connectivity index (χ3n) is 6.95. The molecule has 3 aliphatic rings. The van der Waals surface area contributed by atoms with Gasteiger partial charge in [-0.25, -0.2) is 0 Å². The van der Waals surface area contributed by atoms with Gasteiger partial charge >= 0.3 is 0 Å². The molecule has 0 bridgehead atoms. The van der Waals surface area contributed by atoms with Gasteiger partial charge in [-0.05, 0) is 45.1 Å². The molecule has 4 rings (SSSR count). The van der Waals surface area contributed by atoms with E-state index >= 15 is 0 Å². The van der Waals surface area contributed by atoms with Crippen LogP contribution in [0.5, 0.6) is 0 Å². The van der Waals surface area contributed by atoms with Crippen LogP contribution in [0.1, 0.15) is 54.4 Å². The van der Waals surface area contributed by atoms with E-state index in [9.17, 15) is 9.59 Å². The summed E-state index contributed by atoms with van der Waals surface area (Å²) in [5, 5.41) is 3.48. The highest BCUT2D eigenvalue weighted by atomic mass is 35.5. The Morgan fingerprint density at radius 1 is 1.07 bits per heavy atom. The SMILES string of the molecule is Cc1ccc(C(=O)C2CCN(C(=O)[C@@]34CCCC[C@H]3CNC4)CC2)cc1.Cl. The van der Waals surface area contributed by atoms with Crippen LogP contribution < -0.4 is 5.32 Å². The number of rotatable bonds is 3. The number of nitrogens with zero attached hydrogens (tertiary/aromatic N) is 1. The molecule has 2 saturated heterocycles. The standard InChI is InChI=1S/C22H30N2O2.ClH/c1-16-5-7-17(8-6-16)20(25)18-9-12-24(13-10-18)21(26)22-11-3-2-4-19(22)14-23-15-22;/h5-8,18-19,23H,2-4,9-15H2,1H3;1H/t19-,22+;/m0./s1. The van der Waals surface area contributed by atoms with Gasteiger partial charge in [-0.1, -0.05) is 42.7 Å². The highest BCUT2D eigenvalue weighted by Gasteiger charge is 2.51. The minimum atomic E-state index is -0.161. The molecular weight excluding hydrogens is 360 g/mol. The number of Topliss-reactive ketones (excluding diaryl/α,β-unsaturated/α-hetero) is 1. The van der Waals surface area contributed by atoms with Gasteiger partial charge in [-0.3, -0.25) is 9.59 Å². The molecule has 5 heteroatoms. The fourth-order valence-electron chi connectivity index (χ4n) is 5.28. The predicted molar refractivity (Wildman–Crippen MR) is 109 cm³/mol. The molecule has 3 fully saturated rings. The minimum absolute atomic E-state index is 0. The first-order valence-corrected chi connectivity index (χ1v) is 10.2. The number of halogens is 1. The fourth-order valence-corrected chi connectivity index (χ4v) is 5.28. The van der Waals surface area contributed by atoms with Gasteiger partial charge in [0.25, 0.3) is 0 Å². The highest BCUT2D eigenvalue weighted by Crippen LogP contribution is 2.45. The average Bonchev–Trinajstić information content (AvgIpc) is 3.13. The second-order valence-electron chi connectivity index (χ2n) is 8.53. The molecule has 0 aromatic heterocycles. The van der Waals surface area contributed by atoms with Crippen molar-refractivity contribution in [2.45, 2.75) is 45.4 Å². The van der Waals surface area contributed by atoms with E-state index in [2.05, 4.69) is 10.2 Å². The maximum Gasteiger partial charge on any atom is 0.230 e. The Bertz CT molecular complexity index is 682. The summed E-state index contributed by atoms with van der Waals surface area (Å²) in [4.78, 5) is 28.2. The van der Waals surface area contributed by atoms with E-state index in [4.69, 9.17) is 0 Å². The molecule has 27 heavy (non-hydrogen) atoms. The van der Waals surface area contributed by atoms with Crippen LogP contribution in [0.25, 0.3) is 0 Å². The van der Waals surface area contributed by atoms with E-state index in [1.165, 1.54) is 24.8 Å². The fraction of sp³-hybridized carbons (Fsp3) is 0.636. The van der Waals surface area contributed by atoms with Crippen molar-refractivity contribution in [2.24, 2.45) is 17.3 Å². The molecule has 1 N–H and O–H groups in total. The first kappa shape index (κ1) is 20.3. The van der Waals surface area contributed by atoms with Crippen molar-refractivity contribution in [1.82, 2.24) is 10.2 Å². The van der Waals surface area contributed by atoms with Gasteiger partial charge in [0.15, 0.2) is 5.78 Å². The van der Waals surface area contributed by atoms with E-state index in [0.717, 1.165) is 51.0 Å². The number of ketones is 1. The number of piperidine rings is 1. The quantitative estimate of drug-likeness (QED) is 0.802. The summed E-state index contributed by atoms with van der Waals surface area (Å²) in [7, 11) is 0. The van der Waals surface area contributed by atoms with Gasteiger partial charge in [-0.2, -0.15) is 0 Å². The van der Waals surface area contributed by atoms with Gasteiger partial charge in [0.2, 0.25) is 5.91 Å². The van der Waals surface area contributed by atoms with Crippen molar-refractivity contribution in [3.05, 3.63) is 35.4 Å². The summed E-state index contributed by atoms with van der Waals surface area (Å²) in [6, 6.07) is 7.87. The lowest BCUT2D eigenvalue weighted by molar-refractivity contribution is -0.146. The first-order valence-electron chi connectivity index (χ1n) is 10.2. The predicted octanol–water partition coefficient (Wildman–Crippen LogP) is 3.62. The molecule has 148 valence electrons. The summed E-state index contributed by atoms with van der Waals surface area (Å²) in [5.74, 6) is 1.17. The lowest BCUT2D eigenvalue weighted by Gasteiger charge is -2.42. The van der Waals surface area contributed by atoms with Gasteiger partial charge in [0.05, 0.1) is 5.41 Å². The molecular formula is C22H31ClN2O2. The maximum absolute atomic E-state index is 13.3. The highest BCUT2D eigenvalue weighted by molar-refractivity contribution is 5.98. The first-order chi connectivity index (χ1) is 12.6. The van der Waals surface area contributed by atoms with Crippen molar-refractivity contribution in [1.29, 1.82) is 0 Å². The number of aryl methyl sites for hydroxylation is 1. The monoisotopic (exact) mass is 390 g/mol. The molecule has 0 spiro atoms. The van der Waals surface area contributed by atoms with Crippen molar-refractivity contribution < 1.29 is 9.59 Å². The van der Waals surface area contributed by atoms with Crippen molar-refractivity contribution in [3.63, 3.8) is 0 Å². The summed E-state index contributed by atoms with van der Waals surface area (Å²) in [6.07, 6.45) is 6.24. The van der Waals surface area contributed by atoms with Gasteiger partial charge in [0, 0.05) is 31.1 Å². The Hall–Kier alpha value is -1.39. The summed E-state index contributed by atoms with van der Waals surface area (Å²) in [6.45, 7) is 5.34. The summed E-state index contributed by atoms with van der Waals surface area (Å²) < 4.78 is 0. The Labute approximate surface area is 168 Å². The molecule has 0 unspecified atom stereocenters. The number of nitrogens with one attached hydrogen (secondary N) is 1. The van der Waals surface area contributed by atoms with Crippen molar-refractivity contribution >= 4 is 24.1 Å². The smallest absolute Gasteiger partial charge is 0.230 e. The normalized spacial score (nSPS) is 28.3. The molecule has 2 aliphatic heterocycles. The molecule has 0 radical (unpaired) electrons. The van der Waals surface area contributed by atoms with Gasteiger partial charge in [-0.15, -0.1) is 12.4 Å². The maximum atomic E-state index is 13.3. The number of fused-ring (bicyclic) bond motifs is 1. The largest absolute Gasteiger partial charge is 0.342 e. The minimum Gasteiger partial charge on any atom is -0.342 e. The zero-order chi connectivity index (χ0) is 18.1. The Morgan fingerprint density at radius 2 is 1.78 bits per heavy atom. The van der Waals surface area contributed by atoms with E-state index in [-0.39, 0.29) is 29.5 Å². The van der Waals surface area contributed by atoms with Crippen LogP contribution >= 0.6 is 12.4 Å². The molecule has 2 atom stereocenters. The molecule has 1 amide bonds. The Balaban J connectivity index is 0.00000210.